The quantitative estimate of drug-likeness (QED) is 0.658. The number of anilines is 1. The fraction of sp³-hybridized carbons (Fsp3) is 0.294. The van der Waals surface area contributed by atoms with Gasteiger partial charge in [-0.05, 0) is 43.2 Å². The smallest absolute Gasteiger partial charge is 0.253 e. The first kappa shape index (κ1) is 18.8. The molecule has 142 valence electrons. The number of nitrogens with one attached hydrogen (secondary N) is 1. The van der Waals surface area contributed by atoms with Crippen LogP contribution in [0.5, 0.6) is 0 Å². The molecule has 1 fully saturated rings. The number of halogens is 1. The highest BCUT2D eigenvalue weighted by molar-refractivity contribution is 7.91. The van der Waals surface area contributed by atoms with E-state index in [9.17, 15) is 13.2 Å². The minimum atomic E-state index is -3.75. The molecular formula is C17H16ClN3O3S3. The number of benzene rings is 1. The molecule has 1 aliphatic heterocycles. The monoisotopic (exact) mass is 441 g/mol. The van der Waals surface area contributed by atoms with Gasteiger partial charge in [0.25, 0.3) is 10.0 Å². The number of thiazole rings is 1. The van der Waals surface area contributed by atoms with E-state index in [4.69, 9.17) is 11.6 Å². The van der Waals surface area contributed by atoms with Gasteiger partial charge >= 0.3 is 0 Å². The molecule has 2 aromatic heterocycles. The SMILES string of the molecule is O=C(Nc1ccc2ncsc2c1)[C@@H]1CCCCN1S(=O)(=O)c1ccc(Cl)s1. The Morgan fingerprint density at radius 3 is 2.89 bits per heavy atom. The molecule has 0 aliphatic carbocycles. The second kappa shape index (κ2) is 7.48. The summed E-state index contributed by atoms with van der Waals surface area (Å²) >= 11 is 8.40. The van der Waals surface area contributed by atoms with E-state index in [0.29, 0.717) is 23.0 Å². The van der Waals surface area contributed by atoms with Gasteiger partial charge < -0.3 is 5.32 Å². The summed E-state index contributed by atoms with van der Waals surface area (Å²) in [5, 5.41) is 2.86. The molecule has 0 unspecified atom stereocenters. The zero-order valence-electron chi connectivity index (χ0n) is 14.1. The third kappa shape index (κ3) is 3.74. The molecule has 0 spiro atoms. The lowest BCUT2D eigenvalue weighted by atomic mass is 10.0. The summed E-state index contributed by atoms with van der Waals surface area (Å²) in [6.07, 6.45) is 2.03. The van der Waals surface area contributed by atoms with E-state index < -0.39 is 16.1 Å². The Hall–Kier alpha value is -1.52. The zero-order chi connectivity index (χ0) is 19.0. The number of thiophene rings is 1. The van der Waals surface area contributed by atoms with Gasteiger partial charge in [-0.25, -0.2) is 13.4 Å². The highest BCUT2D eigenvalue weighted by atomic mass is 35.5. The maximum Gasteiger partial charge on any atom is 0.253 e. The molecule has 1 aromatic carbocycles. The number of carbonyl (C=O) groups is 1. The summed E-state index contributed by atoms with van der Waals surface area (Å²) in [4.78, 5) is 17.1. The van der Waals surface area contributed by atoms with Crippen molar-refractivity contribution in [2.45, 2.75) is 29.5 Å². The van der Waals surface area contributed by atoms with E-state index in [1.807, 2.05) is 12.1 Å². The van der Waals surface area contributed by atoms with Crippen LogP contribution in [0.3, 0.4) is 0 Å². The number of fused-ring (bicyclic) bond motifs is 1. The van der Waals surface area contributed by atoms with Crippen LogP contribution >= 0.6 is 34.3 Å². The van der Waals surface area contributed by atoms with Gasteiger partial charge in [0.2, 0.25) is 5.91 Å². The third-order valence-electron chi connectivity index (χ3n) is 4.47. The van der Waals surface area contributed by atoms with Crippen molar-refractivity contribution in [2.24, 2.45) is 0 Å². The lowest BCUT2D eigenvalue weighted by molar-refractivity contribution is -0.120. The van der Waals surface area contributed by atoms with E-state index in [1.54, 1.807) is 17.6 Å². The van der Waals surface area contributed by atoms with Crippen molar-refractivity contribution < 1.29 is 13.2 Å². The molecule has 1 N–H and O–H groups in total. The highest BCUT2D eigenvalue weighted by Gasteiger charge is 2.38. The Bertz CT molecular complexity index is 1090. The molecule has 1 aliphatic rings. The van der Waals surface area contributed by atoms with Crippen molar-refractivity contribution in [2.75, 3.05) is 11.9 Å². The van der Waals surface area contributed by atoms with Crippen molar-refractivity contribution in [1.29, 1.82) is 0 Å². The number of carbonyl (C=O) groups excluding carboxylic acids is 1. The van der Waals surface area contributed by atoms with Crippen LogP contribution in [0.25, 0.3) is 10.2 Å². The first-order chi connectivity index (χ1) is 12.9. The molecule has 10 heteroatoms. The molecule has 27 heavy (non-hydrogen) atoms. The summed E-state index contributed by atoms with van der Waals surface area (Å²) in [5.74, 6) is -0.315. The summed E-state index contributed by atoms with van der Waals surface area (Å²) in [5.41, 5.74) is 3.26. The summed E-state index contributed by atoms with van der Waals surface area (Å²) < 4.78 is 28.8. The number of sulfonamides is 1. The second-order valence-corrected chi connectivity index (χ2v) is 10.9. The Balaban J connectivity index is 1.58. The third-order valence-corrected chi connectivity index (χ3v) is 8.87. The van der Waals surface area contributed by atoms with Gasteiger partial charge in [0.05, 0.1) is 20.1 Å². The van der Waals surface area contributed by atoms with Crippen LogP contribution < -0.4 is 5.32 Å². The van der Waals surface area contributed by atoms with Crippen LogP contribution in [0.1, 0.15) is 19.3 Å². The van der Waals surface area contributed by atoms with Gasteiger partial charge in [-0.3, -0.25) is 4.79 Å². The predicted octanol–water partition coefficient (Wildman–Crippen LogP) is 4.19. The van der Waals surface area contributed by atoms with E-state index in [1.165, 1.54) is 21.7 Å². The van der Waals surface area contributed by atoms with Gasteiger partial charge in [-0.1, -0.05) is 18.0 Å². The minimum Gasteiger partial charge on any atom is -0.325 e. The van der Waals surface area contributed by atoms with Crippen LogP contribution in [-0.2, 0) is 14.8 Å². The zero-order valence-corrected chi connectivity index (χ0v) is 17.3. The molecule has 0 radical (unpaired) electrons. The van der Waals surface area contributed by atoms with Crippen LogP contribution in [0.2, 0.25) is 4.34 Å². The Labute approximate surface area is 169 Å². The van der Waals surface area contributed by atoms with E-state index in [-0.39, 0.29) is 10.1 Å². The standard InChI is InChI=1S/C17H16ClN3O3S3/c18-15-6-7-16(26-15)27(23,24)21-8-2-1-3-13(21)17(22)20-11-4-5-12-14(9-11)25-10-19-12/h4-7,9-10,13H,1-3,8H2,(H,20,22)/t13-/m0/s1. The van der Waals surface area contributed by atoms with Crippen molar-refractivity contribution in [3.05, 3.63) is 40.2 Å². The second-order valence-electron chi connectivity index (χ2n) is 6.21. The largest absolute Gasteiger partial charge is 0.325 e. The Morgan fingerprint density at radius 2 is 2.11 bits per heavy atom. The van der Waals surface area contributed by atoms with Gasteiger partial charge in [0.1, 0.15) is 10.3 Å². The average molecular weight is 442 g/mol. The molecule has 1 atom stereocenters. The molecule has 6 nitrogen and oxygen atoms in total. The maximum atomic E-state index is 13.0. The molecule has 4 rings (SSSR count). The van der Waals surface area contributed by atoms with Crippen molar-refractivity contribution in [1.82, 2.24) is 9.29 Å². The molecule has 3 aromatic rings. The molecule has 1 amide bonds. The molecule has 1 saturated heterocycles. The van der Waals surface area contributed by atoms with Crippen LogP contribution in [-0.4, -0.2) is 36.2 Å². The van der Waals surface area contributed by atoms with E-state index >= 15 is 0 Å². The minimum absolute atomic E-state index is 0.165. The highest BCUT2D eigenvalue weighted by Crippen LogP contribution is 2.32. The number of amides is 1. The van der Waals surface area contributed by atoms with Gasteiger partial charge in [-0.15, -0.1) is 22.7 Å². The summed E-state index contributed by atoms with van der Waals surface area (Å²) in [6, 6.07) is 7.78. The van der Waals surface area contributed by atoms with Gasteiger partial charge in [0.15, 0.2) is 0 Å². The maximum absolute atomic E-state index is 13.0. The summed E-state index contributed by atoms with van der Waals surface area (Å²) in [6.45, 7) is 0.323. The van der Waals surface area contributed by atoms with Crippen LogP contribution in [0.15, 0.2) is 40.1 Å². The number of nitrogens with zero attached hydrogens (tertiary/aromatic N) is 2. The summed E-state index contributed by atoms with van der Waals surface area (Å²) in [7, 11) is -3.75. The van der Waals surface area contributed by atoms with Gasteiger partial charge in [0, 0.05) is 12.2 Å². The first-order valence-electron chi connectivity index (χ1n) is 8.36. The van der Waals surface area contributed by atoms with Crippen molar-refractivity contribution in [3.8, 4) is 0 Å². The topological polar surface area (TPSA) is 79.4 Å². The lowest BCUT2D eigenvalue weighted by Crippen LogP contribution is -2.49. The number of hydrogen-bond donors (Lipinski definition) is 1. The predicted molar refractivity (Wildman–Crippen MR) is 109 cm³/mol. The van der Waals surface area contributed by atoms with Crippen LogP contribution in [0.4, 0.5) is 5.69 Å². The van der Waals surface area contributed by atoms with Crippen LogP contribution in [0, 0.1) is 0 Å². The fourth-order valence-corrected chi connectivity index (χ4v) is 7.15. The van der Waals surface area contributed by atoms with Crippen molar-refractivity contribution >= 4 is 66.1 Å². The Kier molecular flexibility index (Phi) is 5.21. The number of rotatable bonds is 4. The molecule has 0 saturated carbocycles. The van der Waals surface area contributed by atoms with Crippen molar-refractivity contribution in [3.63, 3.8) is 0 Å². The fourth-order valence-electron chi connectivity index (χ4n) is 3.17. The number of piperidine rings is 1. The number of hydrogen-bond acceptors (Lipinski definition) is 6. The first-order valence-corrected chi connectivity index (χ1v) is 11.9. The van der Waals surface area contributed by atoms with E-state index in [0.717, 1.165) is 34.4 Å². The molecule has 0 bridgehead atoms. The average Bonchev–Trinajstić information content (AvgIpc) is 3.30. The number of aromatic nitrogens is 1. The van der Waals surface area contributed by atoms with E-state index in [2.05, 4.69) is 10.3 Å². The molecule has 3 heterocycles. The van der Waals surface area contributed by atoms with Gasteiger partial charge in [-0.2, -0.15) is 4.31 Å². The molecular weight excluding hydrogens is 426 g/mol. The lowest BCUT2D eigenvalue weighted by Gasteiger charge is -2.33. The normalized spacial score (nSPS) is 18.6. The Morgan fingerprint density at radius 1 is 1.26 bits per heavy atom.